The smallest absolute Gasteiger partial charge is 0.256 e. The Morgan fingerprint density at radius 2 is 1.96 bits per heavy atom. The van der Waals surface area contributed by atoms with Gasteiger partial charge in [-0.05, 0) is 43.0 Å². The van der Waals surface area contributed by atoms with Crippen molar-refractivity contribution in [3.63, 3.8) is 0 Å². The van der Waals surface area contributed by atoms with Crippen LogP contribution in [0.2, 0.25) is 0 Å². The van der Waals surface area contributed by atoms with E-state index in [0.29, 0.717) is 36.1 Å². The van der Waals surface area contributed by atoms with Crippen molar-refractivity contribution >= 4 is 27.4 Å². The van der Waals surface area contributed by atoms with Crippen molar-refractivity contribution in [2.45, 2.75) is 44.6 Å². The molecular weight excluding hydrogens is 364 g/mol. The summed E-state index contributed by atoms with van der Waals surface area (Å²) in [6.45, 7) is 0.424. The van der Waals surface area contributed by atoms with Gasteiger partial charge in [0.05, 0.1) is 24.2 Å². The Bertz CT molecular complexity index is 961. The summed E-state index contributed by atoms with van der Waals surface area (Å²) in [5, 5.41) is 7.38. The van der Waals surface area contributed by atoms with Crippen LogP contribution in [0, 0.1) is 0 Å². The monoisotopic (exact) mass is 388 g/mol. The highest BCUT2D eigenvalue weighted by Crippen LogP contribution is 2.32. The second kappa shape index (κ2) is 6.99. The minimum atomic E-state index is -3.29. The fourth-order valence-corrected chi connectivity index (χ4v) is 5.03. The van der Waals surface area contributed by atoms with Crippen molar-refractivity contribution < 1.29 is 13.2 Å². The van der Waals surface area contributed by atoms with Crippen molar-refractivity contribution in [1.82, 2.24) is 9.78 Å². The van der Waals surface area contributed by atoms with Crippen LogP contribution in [0.4, 0.5) is 11.5 Å². The van der Waals surface area contributed by atoms with Gasteiger partial charge in [0.25, 0.3) is 5.91 Å². The minimum absolute atomic E-state index is 0.201. The zero-order valence-corrected chi connectivity index (χ0v) is 16.2. The van der Waals surface area contributed by atoms with Crippen molar-refractivity contribution in [3.8, 4) is 0 Å². The van der Waals surface area contributed by atoms with Gasteiger partial charge in [-0.15, -0.1) is 0 Å². The number of aromatic nitrogens is 2. The quantitative estimate of drug-likeness (QED) is 0.873. The van der Waals surface area contributed by atoms with Gasteiger partial charge in [-0.25, -0.2) is 13.1 Å². The van der Waals surface area contributed by atoms with E-state index in [1.165, 1.54) is 29.8 Å². The van der Waals surface area contributed by atoms with Crippen molar-refractivity contribution in [2.24, 2.45) is 0 Å². The number of hydrogen-bond donors (Lipinski definition) is 1. The fourth-order valence-electron chi connectivity index (χ4n) is 4.08. The van der Waals surface area contributed by atoms with Gasteiger partial charge in [0.15, 0.2) is 0 Å². The first-order valence-electron chi connectivity index (χ1n) is 9.39. The molecule has 1 N–H and O–H groups in total. The molecule has 27 heavy (non-hydrogen) atoms. The molecule has 1 aromatic heterocycles. The molecule has 8 heteroatoms. The number of nitrogens with zero attached hydrogens (tertiary/aromatic N) is 3. The molecule has 2 aliphatic rings. The summed E-state index contributed by atoms with van der Waals surface area (Å²) in [5.74, 6) is 0.512. The Balaban J connectivity index is 1.53. The maximum absolute atomic E-state index is 12.7. The number of nitrogens with one attached hydrogen (secondary N) is 1. The van der Waals surface area contributed by atoms with E-state index in [0.717, 1.165) is 18.4 Å². The molecule has 1 aliphatic heterocycles. The Morgan fingerprint density at radius 1 is 1.19 bits per heavy atom. The van der Waals surface area contributed by atoms with Crippen molar-refractivity contribution in [2.75, 3.05) is 22.4 Å². The standard InChI is InChI=1S/C19H24N4O3S/c1-27(25,26)22-12-10-14-13-15(7-8-17(14)22)19(24)21-18-9-11-20-23(18)16-5-3-2-4-6-16/h7-9,11,13,16H,2-6,10,12H2,1H3,(H,21,24). The second-order valence-corrected chi connectivity index (χ2v) is 9.24. The normalized spacial score (nSPS) is 17.7. The van der Waals surface area contributed by atoms with Crippen molar-refractivity contribution in [3.05, 3.63) is 41.6 Å². The second-order valence-electron chi connectivity index (χ2n) is 7.34. The molecule has 1 fully saturated rings. The zero-order valence-electron chi connectivity index (χ0n) is 15.4. The Morgan fingerprint density at radius 3 is 2.70 bits per heavy atom. The molecule has 0 atom stereocenters. The summed E-state index contributed by atoms with van der Waals surface area (Å²) in [5.41, 5.74) is 2.08. The van der Waals surface area contributed by atoms with Crippen LogP contribution in [0.15, 0.2) is 30.5 Å². The molecule has 0 unspecified atom stereocenters. The van der Waals surface area contributed by atoms with Gasteiger partial charge < -0.3 is 5.32 Å². The number of carbonyl (C=O) groups is 1. The van der Waals surface area contributed by atoms with E-state index in [-0.39, 0.29) is 5.91 Å². The highest BCUT2D eigenvalue weighted by Gasteiger charge is 2.27. The molecule has 1 aliphatic carbocycles. The first kappa shape index (κ1) is 18.0. The molecule has 2 heterocycles. The highest BCUT2D eigenvalue weighted by molar-refractivity contribution is 7.92. The van der Waals surface area contributed by atoms with Gasteiger partial charge in [-0.2, -0.15) is 5.10 Å². The number of anilines is 2. The average Bonchev–Trinajstić information content (AvgIpc) is 3.28. The molecule has 0 spiro atoms. The summed E-state index contributed by atoms with van der Waals surface area (Å²) < 4.78 is 27.0. The lowest BCUT2D eigenvalue weighted by Crippen LogP contribution is -2.27. The maximum Gasteiger partial charge on any atom is 0.256 e. The van der Waals surface area contributed by atoms with Crippen LogP contribution in [0.1, 0.15) is 54.1 Å². The van der Waals surface area contributed by atoms with Crippen LogP contribution < -0.4 is 9.62 Å². The Hall–Kier alpha value is -2.35. The number of sulfonamides is 1. The third kappa shape index (κ3) is 3.58. The maximum atomic E-state index is 12.7. The third-order valence-electron chi connectivity index (χ3n) is 5.43. The molecular formula is C19H24N4O3S. The lowest BCUT2D eigenvalue weighted by Gasteiger charge is -2.24. The van der Waals surface area contributed by atoms with Gasteiger partial charge in [-0.1, -0.05) is 19.3 Å². The molecule has 7 nitrogen and oxygen atoms in total. The first-order chi connectivity index (χ1) is 12.9. The van der Waals surface area contributed by atoms with E-state index < -0.39 is 10.0 Å². The van der Waals surface area contributed by atoms with Gasteiger partial charge >= 0.3 is 0 Å². The molecule has 144 valence electrons. The van der Waals surface area contributed by atoms with Gasteiger partial charge in [-0.3, -0.25) is 9.10 Å². The summed E-state index contributed by atoms with van der Waals surface area (Å²) in [6, 6.07) is 7.35. The topological polar surface area (TPSA) is 84.3 Å². The van der Waals surface area contributed by atoms with E-state index in [1.807, 2.05) is 10.7 Å². The van der Waals surface area contributed by atoms with Crippen LogP contribution in [0.3, 0.4) is 0 Å². The van der Waals surface area contributed by atoms with Gasteiger partial charge in [0, 0.05) is 18.2 Å². The fraction of sp³-hybridized carbons (Fsp3) is 0.474. The summed E-state index contributed by atoms with van der Waals surface area (Å²) in [6.07, 6.45) is 9.36. The number of benzene rings is 1. The predicted octanol–water partition coefficient (Wildman–Crippen LogP) is 2.96. The number of amides is 1. The number of fused-ring (bicyclic) bond motifs is 1. The summed E-state index contributed by atoms with van der Waals surface area (Å²) in [7, 11) is -3.29. The third-order valence-corrected chi connectivity index (χ3v) is 6.61. The average molecular weight is 388 g/mol. The molecule has 1 amide bonds. The van der Waals surface area contributed by atoms with Crippen LogP contribution >= 0.6 is 0 Å². The van der Waals surface area contributed by atoms with E-state index in [4.69, 9.17) is 0 Å². The summed E-state index contributed by atoms with van der Waals surface area (Å²) >= 11 is 0. The molecule has 0 radical (unpaired) electrons. The zero-order chi connectivity index (χ0) is 19.0. The van der Waals surface area contributed by atoms with Gasteiger partial charge in [0.2, 0.25) is 10.0 Å². The Kier molecular flexibility index (Phi) is 4.67. The molecule has 1 saturated carbocycles. The highest BCUT2D eigenvalue weighted by atomic mass is 32.2. The molecule has 4 rings (SSSR count). The van der Waals surface area contributed by atoms with E-state index >= 15 is 0 Å². The molecule has 1 aromatic carbocycles. The van der Waals surface area contributed by atoms with E-state index in [1.54, 1.807) is 24.4 Å². The van der Waals surface area contributed by atoms with Crippen LogP contribution in [-0.2, 0) is 16.4 Å². The van der Waals surface area contributed by atoms with E-state index in [9.17, 15) is 13.2 Å². The lowest BCUT2D eigenvalue weighted by molar-refractivity contribution is 0.102. The largest absolute Gasteiger partial charge is 0.307 e. The number of hydrogen-bond acceptors (Lipinski definition) is 4. The predicted molar refractivity (Wildman–Crippen MR) is 105 cm³/mol. The van der Waals surface area contributed by atoms with Crippen LogP contribution in [-0.4, -0.2) is 36.9 Å². The van der Waals surface area contributed by atoms with E-state index in [2.05, 4.69) is 10.4 Å². The Labute approximate surface area is 159 Å². The van der Waals surface area contributed by atoms with Crippen molar-refractivity contribution in [1.29, 1.82) is 0 Å². The summed E-state index contributed by atoms with van der Waals surface area (Å²) in [4.78, 5) is 12.7. The molecule has 0 saturated heterocycles. The SMILES string of the molecule is CS(=O)(=O)N1CCc2cc(C(=O)Nc3ccnn3C3CCCCC3)ccc21. The lowest BCUT2D eigenvalue weighted by atomic mass is 9.96. The van der Waals surface area contributed by atoms with Gasteiger partial charge in [0.1, 0.15) is 5.82 Å². The number of carbonyl (C=O) groups excluding carboxylic acids is 1. The van der Waals surface area contributed by atoms with Crippen LogP contribution in [0.25, 0.3) is 0 Å². The minimum Gasteiger partial charge on any atom is -0.307 e. The van der Waals surface area contributed by atoms with Crippen LogP contribution in [0.5, 0.6) is 0 Å². The first-order valence-corrected chi connectivity index (χ1v) is 11.2. The molecule has 2 aromatic rings. The molecule has 0 bridgehead atoms. The number of rotatable bonds is 4.